The number of likely N-dealkylation sites (tertiary alicyclic amines) is 2. The van der Waals surface area contributed by atoms with Crippen LogP contribution in [0.15, 0.2) is 48.5 Å². The van der Waals surface area contributed by atoms with Crippen LogP contribution in [0, 0.1) is 10.1 Å². The molecule has 2 aromatic carbocycles. The number of amides is 1. The first kappa shape index (κ1) is 28.4. The van der Waals surface area contributed by atoms with E-state index >= 15 is 0 Å². The number of benzene rings is 2. The van der Waals surface area contributed by atoms with Crippen molar-refractivity contribution in [1.82, 2.24) is 9.80 Å². The lowest BCUT2D eigenvalue weighted by atomic mass is 9.89. The van der Waals surface area contributed by atoms with Crippen molar-refractivity contribution >= 4 is 17.3 Å². The highest BCUT2D eigenvalue weighted by Gasteiger charge is 2.38. The van der Waals surface area contributed by atoms with E-state index in [1.54, 1.807) is 0 Å². The summed E-state index contributed by atoms with van der Waals surface area (Å²) in [5, 5.41) is 14.0. The van der Waals surface area contributed by atoms with Crippen LogP contribution in [0.2, 0.25) is 0 Å². The van der Waals surface area contributed by atoms with Crippen molar-refractivity contribution in [2.24, 2.45) is 0 Å². The molecule has 1 amide bonds. The van der Waals surface area contributed by atoms with Crippen LogP contribution in [0.4, 0.5) is 24.5 Å². The fraction of sp³-hybridized carbons (Fsp3) is 0.519. The van der Waals surface area contributed by atoms with Crippen molar-refractivity contribution in [2.45, 2.75) is 57.7 Å². The maximum absolute atomic E-state index is 13.2. The second-order valence-electron chi connectivity index (χ2n) is 9.56. The van der Waals surface area contributed by atoms with Crippen LogP contribution in [0.25, 0.3) is 0 Å². The van der Waals surface area contributed by atoms with Crippen LogP contribution in [0.3, 0.4) is 0 Å². The summed E-state index contributed by atoms with van der Waals surface area (Å²) in [4.78, 5) is 26.8. The van der Waals surface area contributed by atoms with Gasteiger partial charge in [0.2, 0.25) is 5.91 Å². The lowest BCUT2D eigenvalue weighted by Gasteiger charge is -2.35. The average molecular weight is 521 g/mol. The third-order valence-electron chi connectivity index (χ3n) is 7.22. The molecular weight excluding hydrogens is 485 g/mol. The molecule has 1 N–H and O–H groups in total. The molecule has 202 valence electrons. The minimum atomic E-state index is -4.81. The maximum atomic E-state index is 13.2. The molecule has 2 aromatic rings. The van der Waals surface area contributed by atoms with E-state index in [9.17, 15) is 28.1 Å². The number of alkyl halides is 3. The Morgan fingerprint density at radius 2 is 1.65 bits per heavy atom. The highest BCUT2D eigenvalue weighted by Crippen LogP contribution is 2.38. The van der Waals surface area contributed by atoms with Gasteiger partial charge in [0.05, 0.1) is 4.92 Å². The second kappa shape index (κ2) is 12.4. The largest absolute Gasteiger partial charge is 0.423 e. The molecule has 2 aliphatic heterocycles. The van der Waals surface area contributed by atoms with E-state index in [0.29, 0.717) is 38.3 Å². The monoisotopic (exact) mass is 520 g/mol. The Morgan fingerprint density at radius 1 is 1.00 bits per heavy atom. The van der Waals surface area contributed by atoms with Gasteiger partial charge >= 0.3 is 6.18 Å². The number of nitro benzene ring substituents is 1. The summed E-state index contributed by atoms with van der Waals surface area (Å²) >= 11 is 0. The van der Waals surface area contributed by atoms with Crippen LogP contribution < -0.4 is 5.32 Å². The van der Waals surface area contributed by atoms with Gasteiger partial charge in [0.1, 0.15) is 5.56 Å². The van der Waals surface area contributed by atoms with Crippen molar-refractivity contribution in [3.63, 3.8) is 0 Å². The summed E-state index contributed by atoms with van der Waals surface area (Å²) in [7, 11) is 0. The first-order valence-electron chi connectivity index (χ1n) is 12.4. The van der Waals surface area contributed by atoms with Crippen molar-refractivity contribution in [3.8, 4) is 0 Å². The van der Waals surface area contributed by atoms with Gasteiger partial charge in [-0.15, -0.1) is 0 Å². The molecule has 10 heteroatoms. The van der Waals surface area contributed by atoms with Gasteiger partial charge in [-0.2, -0.15) is 13.2 Å². The zero-order valence-corrected chi connectivity index (χ0v) is 20.0. The molecule has 0 radical (unpaired) electrons. The Labute approximate surface area is 215 Å². The Balaban J connectivity index is 0.00000380. The topological polar surface area (TPSA) is 78.7 Å². The van der Waals surface area contributed by atoms with Crippen molar-refractivity contribution in [1.29, 1.82) is 0 Å². The Bertz CT molecular complexity index is 1050. The predicted molar refractivity (Wildman–Crippen MR) is 138 cm³/mol. The third-order valence-corrected chi connectivity index (χ3v) is 7.22. The molecule has 0 spiro atoms. The molecule has 0 atom stereocenters. The van der Waals surface area contributed by atoms with E-state index in [1.165, 1.54) is 11.6 Å². The Morgan fingerprint density at radius 3 is 2.24 bits per heavy atom. The van der Waals surface area contributed by atoms with Gasteiger partial charge in [-0.05, 0) is 62.4 Å². The highest BCUT2D eigenvalue weighted by molar-refractivity contribution is 5.76. The number of anilines is 1. The molecular formula is C27H35F3N4O3. The minimum Gasteiger partial charge on any atom is -0.382 e. The number of nitrogens with one attached hydrogen (secondary N) is 1. The van der Waals surface area contributed by atoms with Gasteiger partial charge in [-0.3, -0.25) is 14.9 Å². The van der Waals surface area contributed by atoms with Crippen LogP contribution in [-0.2, 0) is 11.0 Å². The lowest BCUT2D eigenvalue weighted by Crippen LogP contribution is -2.43. The predicted octanol–water partition coefficient (Wildman–Crippen LogP) is 5.92. The van der Waals surface area contributed by atoms with E-state index in [0.717, 1.165) is 44.6 Å². The van der Waals surface area contributed by atoms with Gasteiger partial charge in [-0.25, -0.2) is 0 Å². The molecule has 0 aromatic heterocycles. The minimum absolute atomic E-state index is 0. The first-order chi connectivity index (χ1) is 17.2. The van der Waals surface area contributed by atoms with Crippen LogP contribution in [-0.4, -0.2) is 59.4 Å². The summed E-state index contributed by atoms with van der Waals surface area (Å²) < 4.78 is 39.7. The number of piperidine rings is 2. The van der Waals surface area contributed by atoms with Gasteiger partial charge in [0.25, 0.3) is 5.69 Å². The van der Waals surface area contributed by atoms with Crippen LogP contribution >= 0.6 is 0 Å². The molecule has 37 heavy (non-hydrogen) atoms. The second-order valence-corrected chi connectivity index (χ2v) is 9.56. The Hall–Kier alpha value is -3.14. The third kappa shape index (κ3) is 7.44. The van der Waals surface area contributed by atoms with Gasteiger partial charge in [-0.1, -0.05) is 37.8 Å². The highest BCUT2D eigenvalue weighted by atomic mass is 19.4. The van der Waals surface area contributed by atoms with Gasteiger partial charge < -0.3 is 15.1 Å². The van der Waals surface area contributed by atoms with E-state index in [2.05, 4.69) is 34.5 Å². The number of hydrogen-bond donors (Lipinski definition) is 1. The Kier molecular flexibility index (Phi) is 9.53. The molecule has 0 unspecified atom stereocenters. The fourth-order valence-corrected chi connectivity index (χ4v) is 5.15. The fourth-order valence-electron chi connectivity index (χ4n) is 5.15. The molecule has 4 rings (SSSR count). The molecule has 0 bridgehead atoms. The van der Waals surface area contributed by atoms with Crippen molar-refractivity contribution in [3.05, 3.63) is 69.8 Å². The molecule has 2 saturated heterocycles. The summed E-state index contributed by atoms with van der Waals surface area (Å²) in [5.74, 6) is 0.681. The molecule has 2 heterocycles. The molecule has 0 saturated carbocycles. The van der Waals surface area contributed by atoms with E-state index in [4.69, 9.17) is 0 Å². The van der Waals surface area contributed by atoms with Crippen molar-refractivity contribution in [2.75, 3.05) is 38.0 Å². The van der Waals surface area contributed by atoms with Gasteiger partial charge in [0, 0.05) is 43.9 Å². The summed E-state index contributed by atoms with van der Waals surface area (Å²) in [5.41, 5.74) is -0.652. The zero-order chi connectivity index (χ0) is 25.7. The summed E-state index contributed by atoms with van der Waals surface area (Å²) in [6.07, 6.45) is -0.959. The van der Waals surface area contributed by atoms with E-state index in [-0.39, 0.29) is 25.1 Å². The molecule has 0 aliphatic carbocycles. The quantitative estimate of drug-likeness (QED) is 0.362. The molecule has 2 fully saturated rings. The van der Waals surface area contributed by atoms with Crippen LogP contribution in [0.1, 0.15) is 56.6 Å². The lowest BCUT2D eigenvalue weighted by molar-refractivity contribution is -0.388. The molecule has 2 aliphatic rings. The summed E-state index contributed by atoms with van der Waals surface area (Å²) in [6, 6.07) is 13.4. The SMILES string of the molecule is C.O=C(CCN1CCC(c2ccccc2)CC1)N1CCC(Nc2ccc([N+](=O)[O-])c(C(F)(F)F)c2)CC1. The first-order valence-corrected chi connectivity index (χ1v) is 12.4. The zero-order valence-electron chi connectivity index (χ0n) is 20.0. The smallest absolute Gasteiger partial charge is 0.382 e. The molecule has 7 nitrogen and oxygen atoms in total. The normalized spacial score (nSPS) is 17.8. The maximum Gasteiger partial charge on any atom is 0.423 e. The van der Waals surface area contributed by atoms with Crippen molar-refractivity contribution < 1.29 is 22.9 Å². The van der Waals surface area contributed by atoms with Crippen LogP contribution in [0.5, 0.6) is 0 Å². The number of hydrogen-bond acceptors (Lipinski definition) is 5. The standard InChI is InChI=1S/C26H31F3N4O3.CH4/c27-26(28,29)23-18-22(6-7-24(23)33(35)36)30-21-10-16-32(17-11-21)25(34)12-15-31-13-8-20(9-14-31)19-4-2-1-3-5-19;/h1-7,18,20-21,30H,8-17H2;1H4. The number of nitrogens with zero attached hydrogens (tertiary/aromatic N) is 3. The number of rotatable bonds is 7. The number of carbonyl (C=O) groups excluding carboxylic acids is 1. The number of halogens is 3. The van der Waals surface area contributed by atoms with E-state index in [1.807, 2.05) is 11.0 Å². The van der Waals surface area contributed by atoms with E-state index < -0.39 is 22.4 Å². The van der Waals surface area contributed by atoms with Gasteiger partial charge in [0.15, 0.2) is 0 Å². The average Bonchev–Trinajstić information content (AvgIpc) is 2.88. The number of carbonyl (C=O) groups is 1. The summed E-state index contributed by atoms with van der Waals surface area (Å²) in [6.45, 7) is 3.76. The number of nitro groups is 1.